The van der Waals surface area contributed by atoms with Crippen LogP contribution in [0.3, 0.4) is 0 Å². The summed E-state index contributed by atoms with van der Waals surface area (Å²) in [6, 6.07) is 8.51. The molecule has 0 spiro atoms. The summed E-state index contributed by atoms with van der Waals surface area (Å²) in [7, 11) is 0. The third kappa shape index (κ3) is 4.81. The van der Waals surface area contributed by atoms with Gasteiger partial charge in [-0.05, 0) is 24.0 Å². The monoisotopic (exact) mass is 294 g/mol. The molecule has 1 aromatic carbocycles. The molecule has 20 heavy (non-hydrogen) atoms. The molecule has 1 N–H and O–H groups in total. The number of nitrogens with one attached hydrogen (secondary N) is 1. The number of carbonyl (C=O) groups excluding carboxylic acids is 1. The second kappa shape index (κ2) is 8.29. The minimum atomic E-state index is 0.221. The summed E-state index contributed by atoms with van der Waals surface area (Å²) in [6.07, 6.45) is 2.63. The highest BCUT2D eigenvalue weighted by Crippen LogP contribution is 2.14. The number of nitrogens with zero attached hydrogens (tertiary/aromatic N) is 1. The summed E-state index contributed by atoms with van der Waals surface area (Å²) in [5.41, 5.74) is 1.25. The molecule has 110 valence electrons. The van der Waals surface area contributed by atoms with Crippen molar-refractivity contribution in [3.05, 3.63) is 29.8 Å². The highest BCUT2D eigenvalue weighted by molar-refractivity contribution is 7.98. The van der Waals surface area contributed by atoms with Gasteiger partial charge in [0, 0.05) is 37.5 Å². The van der Waals surface area contributed by atoms with Crippen LogP contribution >= 0.6 is 11.8 Å². The van der Waals surface area contributed by atoms with Gasteiger partial charge in [-0.1, -0.05) is 12.1 Å². The summed E-state index contributed by atoms with van der Waals surface area (Å²) in [5, 5.41) is 3.32. The van der Waals surface area contributed by atoms with Crippen molar-refractivity contribution >= 4 is 17.7 Å². The molecule has 1 aliphatic heterocycles. The first-order chi connectivity index (χ1) is 9.79. The lowest BCUT2D eigenvalue weighted by Crippen LogP contribution is -2.41. The third-order valence-electron chi connectivity index (χ3n) is 3.37. The van der Waals surface area contributed by atoms with Gasteiger partial charge >= 0.3 is 0 Å². The molecule has 5 heteroatoms. The Hall–Kier alpha value is -1.04. The minimum Gasteiger partial charge on any atom is -0.378 e. The summed E-state index contributed by atoms with van der Waals surface area (Å²) in [4.78, 5) is 15.1. The van der Waals surface area contributed by atoms with E-state index in [0.717, 1.165) is 26.2 Å². The zero-order valence-corrected chi connectivity index (χ0v) is 12.7. The maximum Gasteiger partial charge on any atom is 0.224 e. The van der Waals surface area contributed by atoms with E-state index in [1.165, 1.54) is 10.5 Å². The van der Waals surface area contributed by atoms with Gasteiger partial charge in [-0.3, -0.25) is 4.79 Å². The highest BCUT2D eigenvalue weighted by atomic mass is 32.2. The molecule has 0 unspecified atom stereocenters. The van der Waals surface area contributed by atoms with Crippen LogP contribution in [0.15, 0.2) is 29.2 Å². The van der Waals surface area contributed by atoms with Crippen molar-refractivity contribution in [2.75, 3.05) is 39.1 Å². The maximum absolute atomic E-state index is 11.9. The average Bonchev–Trinajstić information content (AvgIpc) is 2.53. The Labute approximate surface area is 124 Å². The molecule has 1 amide bonds. The van der Waals surface area contributed by atoms with Crippen LogP contribution < -0.4 is 5.32 Å². The van der Waals surface area contributed by atoms with Gasteiger partial charge in [0.25, 0.3) is 0 Å². The number of thioether (sulfide) groups is 1. The van der Waals surface area contributed by atoms with Gasteiger partial charge in [-0.25, -0.2) is 0 Å². The average molecular weight is 294 g/mol. The first kappa shape index (κ1) is 15.4. The number of hydrogen-bond acceptors (Lipinski definition) is 4. The van der Waals surface area contributed by atoms with Crippen molar-refractivity contribution in [3.63, 3.8) is 0 Å². The van der Waals surface area contributed by atoms with Crippen LogP contribution in [0.4, 0.5) is 0 Å². The van der Waals surface area contributed by atoms with Crippen molar-refractivity contribution in [1.82, 2.24) is 10.2 Å². The van der Waals surface area contributed by atoms with Gasteiger partial charge in [-0.15, -0.1) is 11.8 Å². The zero-order valence-electron chi connectivity index (χ0n) is 11.9. The van der Waals surface area contributed by atoms with E-state index in [4.69, 9.17) is 4.74 Å². The Morgan fingerprint density at radius 1 is 1.30 bits per heavy atom. The molecule has 0 aromatic heterocycles. The SMILES string of the molecule is CSc1ccc(CNCCC(=O)N2CCOCC2)cc1. The third-order valence-corrected chi connectivity index (χ3v) is 4.11. The molecule has 0 aliphatic carbocycles. The Morgan fingerprint density at radius 2 is 2.00 bits per heavy atom. The van der Waals surface area contributed by atoms with Crippen molar-refractivity contribution in [2.45, 2.75) is 17.9 Å². The van der Waals surface area contributed by atoms with Gasteiger partial charge in [0.15, 0.2) is 0 Å². The maximum atomic E-state index is 11.9. The number of carbonyl (C=O) groups is 1. The lowest BCUT2D eigenvalue weighted by Gasteiger charge is -2.26. The largest absolute Gasteiger partial charge is 0.378 e. The lowest BCUT2D eigenvalue weighted by atomic mass is 10.2. The number of amides is 1. The number of benzene rings is 1. The molecule has 1 fully saturated rings. The van der Waals surface area contributed by atoms with E-state index < -0.39 is 0 Å². The van der Waals surface area contributed by atoms with Crippen LogP contribution in [-0.2, 0) is 16.1 Å². The molecular weight excluding hydrogens is 272 g/mol. The summed E-state index contributed by atoms with van der Waals surface area (Å²) in [5.74, 6) is 0.221. The normalized spacial score (nSPS) is 15.3. The predicted molar refractivity (Wildman–Crippen MR) is 81.9 cm³/mol. The van der Waals surface area contributed by atoms with E-state index in [-0.39, 0.29) is 5.91 Å². The predicted octanol–water partition coefficient (Wildman–Crippen LogP) is 1.75. The van der Waals surface area contributed by atoms with Gasteiger partial charge in [-0.2, -0.15) is 0 Å². The van der Waals surface area contributed by atoms with Crippen LogP contribution in [0.2, 0.25) is 0 Å². The first-order valence-corrected chi connectivity index (χ1v) is 8.21. The molecule has 2 rings (SSSR count). The van der Waals surface area contributed by atoms with E-state index >= 15 is 0 Å². The number of hydrogen-bond donors (Lipinski definition) is 1. The molecule has 1 saturated heterocycles. The van der Waals surface area contributed by atoms with Crippen LogP contribution in [0.1, 0.15) is 12.0 Å². The molecule has 4 nitrogen and oxygen atoms in total. The van der Waals surface area contributed by atoms with Crippen LogP contribution in [-0.4, -0.2) is 49.9 Å². The Bertz CT molecular complexity index is 416. The lowest BCUT2D eigenvalue weighted by molar-refractivity contribution is -0.135. The standard InChI is InChI=1S/C15H22N2O2S/c1-20-14-4-2-13(3-5-14)12-16-7-6-15(18)17-8-10-19-11-9-17/h2-5,16H,6-12H2,1H3. The summed E-state index contributed by atoms with van der Waals surface area (Å²) < 4.78 is 5.24. The van der Waals surface area contributed by atoms with E-state index in [1.807, 2.05) is 4.90 Å². The van der Waals surface area contributed by atoms with Crippen molar-refractivity contribution in [1.29, 1.82) is 0 Å². The van der Waals surface area contributed by atoms with Crippen molar-refractivity contribution in [2.24, 2.45) is 0 Å². The van der Waals surface area contributed by atoms with Crippen LogP contribution in [0.25, 0.3) is 0 Å². The summed E-state index contributed by atoms with van der Waals surface area (Å²) >= 11 is 1.74. The van der Waals surface area contributed by atoms with Gasteiger partial charge in [0.05, 0.1) is 13.2 Å². The fraction of sp³-hybridized carbons (Fsp3) is 0.533. The van der Waals surface area contributed by atoms with Gasteiger partial charge in [0.1, 0.15) is 0 Å². The molecule has 1 aromatic rings. The molecule has 0 radical (unpaired) electrons. The number of ether oxygens (including phenoxy) is 1. The molecule has 0 bridgehead atoms. The van der Waals surface area contributed by atoms with E-state index in [0.29, 0.717) is 19.6 Å². The summed E-state index contributed by atoms with van der Waals surface area (Å²) in [6.45, 7) is 4.33. The van der Waals surface area contributed by atoms with Gasteiger partial charge < -0.3 is 15.0 Å². The minimum absolute atomic E-state index is 0.221. The van der Waals surface area contributed by atoms with E-state index in [9.17, 15) is 4.79 Å². The zero-order chi connectivity index (χ0) is 14.2. The number of rotatable bonds is 6. The first-order valence-electron chi connectivity index (χ1n) is 6.99. The smallest absolute Gasteiger partial charge is 0.224 e. The van der Waals surface area contributed by atoms with Crippen molar-refractivity contribution in [3.8, 4) is 0 Å². The Morgan fingerprint density at radius 3 is 2.65 bits per heavy atom. The van der Waals surface area contributed by atoms with Crippen LogP contribution in [0, 0.1) is 0 Å². The van der Waals surface area contributed by atoms with E-state index in [2.05, 4.69) is 35.8 Å². The second-order valence-electron chi connectivity index (χ2n) is 4.77. The topological polar surface area (TPSA) is 41.6 Å². The molecule has 0 saturated carbocycles. The van der Waals surface area contributed by atoms with Gasteiger partial charge in [0.2, 0.25) is 5.91 Å². The van der Waals surface area contributed by atoms with E-state index in [1.54, 1.807) is 11.8 Å². The fourth-order valence-electron chi connectivity index (χ4n) is 2.14. The molecule has 0 atom stereocenters. The molecular formula is C15H22N2O2S. The molecule has 1 aliphatic rings. The fourth-order valence-corrected chi connectivity index (χ4v) is 2.55. The van der Waals surface area contributed by atoms with Crippen molar-refractivity contribution < 1.29 is 9.53 Å². The van der Waals surface area contributed by atoms with Crippen LogP contribution in [0.5, 0.6) is 0 Å². The Balaban J connectivity index is 1.64. The highest BCUT2D eigenvalue weighted by Gasteiger charge is 2.15. The molecule has 1 heterocycles. The number of morpholine rings is 1. The Kier molecular flexibility index (Phi) is 6.36. The second-order valence-corrected chi connectivity index (χ2v) is 5.65. The quantitative estimate of drug-likeness (QED) is 0.641.